The monoisotopic (exact) mass is 600 g/mol. The van der Waals surface area contributed by atoms with Crippen LogP contribution in [0.4, 0.5) is 0 Å². The van der Waals surface area contributed by atoms with Crippen molar-refractivity contribution in [2.24, 2.45) is 0 Å². The summed E-state index contributed by atoms with van der Waals surface area (Å²) in [4.78, 5) is 0. The molecule has 3 nitrogen and oxygen atoms in total. The summed E-state index contributed by atoms with van der Waals surface area (Å²) in [6.45, 7) is 20.4. The van der Waals surface area contributed by atoms with Gasteiger partial charge in [0.25, 0.3) is 0 Å². The third-order valence-electron chi connectivity index (χ3n) is 6.22. The van der Waals surface area contributed by atoms with Gasteiger partial charge in [0, 0.05) is 0 Å². The molecule has 0 saturated heterocycles. The van der Waals surface area contributed by atoms with Crippen molar-refractivity contribution in [2.75, 3.05) is 6.16 Å². The fourth-order valence-corrected chi connectivity index (χ4v) is 25.2. The van der Waals surface area contributed by atoms with Crippen molar-refractivity contribution >= 4 is 56.9 Å². The SMILES string of the molecule is C[Si](C)(C)O[Si](CCC[PH](c1ccccc1)(c1ccccc1)c1ccccc1)(O[Si](C)(C)C)O[Si](C)(C)C. The molecule has 38 heavy (non-hydrogen) atoms. The summed E-state index contributed by atoms with van der Waals surface area (Å²) in [5.74, 6) is 0. The van der Waals surface area contributed by atoms with E-state index < -0.39 is 41.0 Å². The van der Waals surface area contributed by atoms with Crippen LogP contribution in [0.2, 0.25) is 65.0 Å². The van der Waals surface area contributed by atoms with E-state index in [9.17, 15) is 0 Å². The van der Waals surface area contributed by atoms with Crippen molar-refractivity contribution in [1.82, 2.24) is 0 Å². The first-order valence-electron chi connectivity index (χ1n) is 13.9. The van der Waals surface area contributed by atoms with Gasteiger partial charge in [0.1, 0.15) is 0 Å². The minimum absolute atomic E-state index is 0.868. The number of hydrogen-bond acceptors (Lipinski definition) is 3. The molecule has 0 unspecified atom stereocenters. The van der Waals surface area contributed by atoms with Gasteiger partial charge in [-0.3, -0.25) is 0 Å². The molecule has 0 aliphatic carbocycles. The van der Waals surface area contributed by atoms with Crippen LogP contribution in [0, 0.1) is 0 Å². The van der Waals surface area contributed by atoms with E-state index >= 15 is 0 Å². The zero-order valence-corrected chi connectivity index (χ0v) is 30.0. The van der Waals surface area contributed by atoms with Crippen LogP contribution in [0.15, 0.2) is 91.0 Å². The Morgan fingerprint density at radius 1 is 0.474 bits per heavy atom. The molecule has 3 aromatic carbocycles. The Morgan fingerprint density at radius 2 is 0.763 bits per heavy atom. The molecule has 0 amide bonds. The van der Waals surface area contributed by atoms with Gasteiger partial charge < -0.3 is 0 Å². The predicted octanol–water partition coefficient (Wildman–Crippen LogP) is 7.60. The van der Waals surface area contributed by atoms with Gasteiger partial charge in [0.15, 0.2) is 0 Å². The van der Waals surface area contributed by atoms with Crippen molar-refractivity contribution < 1.29 is 12.3 Å². The Balaban J connectivity index is 2.10. The van der Waals surface area contributed by atoms with Gasteiger partial charge in [0.2, 0.25) is 0 Å². The van der Waals surface area contributed by atoms with E-state index in [1.54, 1.807) is 0 Å². The number of rotatable bonds is 13. The van der Waals surface area contributed by atoms with Crippen LogP contribution in [0.1, 0.15) is 6.42 Å². The molecule has 0 atom stereocenters. The van der Waals surface area contributed by atoms with E-state index in [0.717, 1.165) is 18.6 Å². The standard InChI is InChI=1S/C30H49O3PSi4/c1-35(2,3)31-38(32-36(4,5)6,33-37(7,8)9)27-19-26-34(28-20-13-10-14-21-28,29-22-15-11-16-23-29)30-24-17-12-18-25-30/h10-18,20-25,34H,19,26-27H2,1-9H3. The summed E-state index contributed by atoms with van der Waals surface area (Å²) in [6, 6.07) is 34.4. The van der Waals surface area contributed by atoms with Gasteiger partial charge in [0.05, 0.1) is 0 Å². The van der Waals surface area contributed by atoms with E-state index in [2.05, 4.69) is 150 Å². The molecule has 3 aromatic rings. The van der Waals surface area contributed by atoms with Crippen molar-refractivity contribution in [1.29, 1.82) is 0 Å². The average Bonchev–Trinajstić information content (AvgIpc) is 2.80. The Hall–Kier alpha value is -1.16. The minimum atomic E-state index is -2.90. The quantitative estimate of drug-likeness (QED) is 0.149. The number of hydrogen-bond donors (Lipinski definition) is 0. The van der Waals surface area contributed by atoms with Crippen molar-refractivity contribution in [3.63, 3.8) is 0 Å². The van der Waals surface area contributed by atoms with Crippen LogP contribution in [0.3, 0.4) is 0 Å². The molecule has 0 bridgehead atoms. The summed E-state index contributed by atoms with van der Waals surface area (Å²) >= 11 is 0. The Bertz CT molecular complexity index is 988. The van der Waals surface area contributed by atoms with Gasteiger partial charge in [-0.1, -0.05) is 0 Å². The van der Waals surface area contributed by atoms with Crippen LogP contribution < -0.4 is 15.9 Å². The van der Waals surface area contributed by atoms with Crippen LogP contribution in [0.25, 0.3) is 0 Å². The first-order valence-corrected chi connectivity index (χ1v) is 28.3. The van der Waals surface area contributed by atoms with Crippen molar-refractivity contribution in [3.05, 3.63) is 91.0 Å². The van der Waals surface area contributed by atoms with Crippen molar-refractivity contribution in [2.45, 2.75) is 71.4 Å². The summed E-state index contributed by atoms with van der Waals surface area (Å²) in [5, 5.41) is 4.36. The van der Waals surface area contributed by atoms with E-state index in [4.69, 9.17) is 12.3 Å². The molecule has 8 heteroatoms. The molecule has 0 aliphatic rings. The van der Waals surface area contributed by atoms with Gasteiger partial charge in [-0.25, -0.2) is 0 Å². The second-order valence-corrected chi connectivity index (χ2v) is 34.2. The second-order valence-electron chi connectivity index (χ2n) is 13.2. The first-order chi connectivity index (χ1) is 17.6. The van der Waals surface area contributed by atoms with Crippen LogP contribution in [-0.2, 0) is 12.3 Å². The van der Waals surface area contributed by atoms with E-state index in [-0.39, 0.29) is 0 Å². The molecule has 0 radical (unpaired) electrons. The van der Waals surface area contributed by atoms with Gasteiger partial charge in [-0.2, -0.15) is 0 Å². The topological polar surface area (TPSA) is 27.7 Å². The molecule has 0 heterocycles. The fourth-order valence-electron chi connectivity index (χ4n) is 5.29. The zero-order valence-electron chi connectivity index (χ0n) is 25.0. The van der Waals surface area contributed by atoms with Gasteiger partial charge >= 0.3 is 238 Å². The maximum atomic E-state index is 7.03. The molecule has 0 aliphatic heterocycles. The molecule has 0 aromatic heterocycles. The van der Waals surface area contributed by atoms with E-state index in [1.807, 2.05) is 0 Å². The zero-order chi connectivity index (χ0) is 28.1. The molecule has 3 rings (SSSR count). The Morgan fingerprint density at radius 3 is 1.03 bits per heavy atom. The van der Waals surface area contributed by atoms with Crippen LogP contribution in [0.5, 0.6) is 0 Å². The molecule has 0 fully saturated rings. The normalized spacial score (nSPS) is 13.9. The third kappa shape index (κ3) is 8.93. The molecule has 0 N–H and O–H groups in total. The Labute approximate surface area is 237 Å². The summed E-state index contributed by atoms with van der Waals surface area (Å²) in [6.07, 6.45) is 2.09. The van der Waals surface area contributed by atoms with Crippen molar-refractivity contribution in [3.8, 4) is 0 Å². The predicted molar refractivity (Wildman–Crippen MR) is 180 cm³/mol. The van der Waals surface area contributed by atoms with Gasteiger partial charge in [-0.05, 0) is 0 Å². The molecule has 0 saturated carbocycles. The third-order valence-corrected chi connectivity index (χ3v) is 23.3. The summed E-state index contributed by atoms with van der Waals surface area (Å²) in [7, 11) is -10.9. The molecular formula is C30H49O3PSi4. The molecule has 0 spiro atoms. The molecular weight excluding hydrogens is 552 g/mol. The first kappa shape index (κ1) is 31.4. The maximum absolute atomic E-state index is 7.03. The van der Waals surface area contributed by atoms with Crippen LogP contribution >= 0.6 is 7.26 Å². The second kappa shape index (κ2) is 12.6. The average molecular weight is 601 g/mol. The number of benzene rings is 3. The molecule has 208 valence electrons. The van der Waals surface area contributed by atoms with E-state index in [1.165, 1.54) is 15.9 Å². The van der Waals surface area contributed by atoms with Gasteiger partial charge in [-0.15, -0.1) is 0 Å². The summed E-state index contributed by atoms with van der Waals surface area (Å²) < 4.78 is 21.1. The summed E-state index contributed by atoms with van der Waals surface area (Å²) in [5.41, 5.74) is 0. The van der Waals surface area contributed by atoms with E-state index in [0.29, 0.717) is 0 Å². The Kier molecular flexibility index (Phi) is 10.4. The van der Waals surface area contributed by atoms with Crippen LogP contribution in [-0.4, -0.2) is 39.9 Å². The fraction of sp³-hybridized carbons (Fsp3) is 0.400.